The molecule has 1 saturated heterocycles. The summed E-state index contributed by atoms with van der Waals surface area (Å²) < 4.78 is 41.0. The number of ether oxygens (including phenoxy) is 1. The van der Waals surface area contributed by atoms with Gasteiger partial charge in [-0.2, -0.15) is 0 Å². The number of halogens is 3. The summed E-state index contributed by atoms with van der Waals surface area (Å²) >= 11 is 0. The molecule has 160 valence electrons. The Balaban J connectivity index is 1.51. The summed E-state index contributed by atoms with van der Waals surface area (Å²) in [5, 5.41) is 2.89. The largest absolute Gasteiger partial charge is 0.573 e. The van der Waals surface area contributed by atoms with Gasteiger partial charge in [0.1, 0.15) is 11.4 Å². The molecule has 4 rings (SSSR count). The number of H-pyrrole nitrogens is 1. The van der Waals surface area contributed by atoms with E-state index in [1.54, 1.807) is 0 Å². The molecule has 1 aliphatic heterocycles. The summed E-state index contributed by atoms with van der Waals surface area (Å²) in [5.74, 6) is -0.252. The second-order valence-corrected chi connectivity index (χ2v) is 7.55. The van der Waals surface area contributed by atoms with Crippen LogP contribution in [0.3, 0.4) is 0 Å². The predicted molar refractivity (Wildman–Crippen MR) is 102 cm³/mol. The minimum Gasteiger partial charge on any atom is -0.406 e. The molecule has 1 atom stereocenters. The summed E-state index contributed by atoms with van der Waals surface area (Å²) in [5.41, 5.74) is 0.280. The second kappa shape index (κ2) is 8.00. The number of rotatable bonds is 6. The molecule has 2 N–H and O–H groups in total. The Morgan fingerprint density at radius 2 is 1.87 bits per heavy atom. The van der Waals surface area contributed by atoms with Gasteiger partial charge >= 0.3 is 6.36 Å². The maximum Gasteiger partial charge on any atom is 0.573 e. The molecular weight excluding hydrogens is 401 g/mol. The van der Waals surface area contributed by atoms with E-state index in [2.05, 4.69) is 20.0 Å². The Morgan fingerprint density at radius 3 is 2.47 bits per heavy atom. The molecule has 7 nitrogen and oxygen atoms in total. The van der Waals surface area contributed by atoms with E-state index in [9.17, 15) is 22.8 Å². The Labute approximate surface area is 170 Å². The zero-order valence-electron chi connectivity index (χ0n) is 16.0. The van der Waals surface area contributed by atoms with Crippen LogP contribution in [-0.4, -0.2) is 35.3 Å². The molecule has 30 heavy (non-hydrogen) atoms. The Hall–Kier alpha value is -3.04. The quantitative estimate of drug-likeness (QED) is 0.747. The fraction of sp³-hybridized carbons (Fsp3) is 0.450. The lowest BCUT2D eigenvalue weighted by Crippen LogP contribution is -2.33. The van der Waals surface area contributed by atoms with Gasteiger partial charge in [0, 0.05) is 19.2 Å². The number of benzene rings is 1. The van der Waals surface area contributed by atoms with E-state index < -0.39 is 17.8 Å². The van der Waals surface area contributed by atoms with Gasteiger partial charge in [0.15, 0.2) is 0 Å². The first-order chi connectivity index (χ1) is 14.3. The summed E-state index contributed by atoms with van der Waals surface area (Å²) in [7, 11) is 0. The first kappa shape index (κ1) is 20.2. The third kappa shape index (κ3) is 4.92. The van der Waals surface area contributed by atoms with Crippen molar-refractivity contribution < 1.29 is 22.7 Å². The highest BCUT2D eigenvalue weighted by molar-refractivity contribution is 5.92. The fourth-order valence-electron chi connectivity index (χ4n) is 3.63. The molecule has 0 radical (unpaired) electrons. The predicted octanol–water partition coefficient (Wildman–Crippen LogP) is 3.15. The summed E-state index contributed by atoms with van der Waals surface area (Å²) in [6, 6.07) is 6.23. The zero-order chi connectivity index (χ0) is 21.3. The number of alkyl halides is 3. The van der Waals surface area contributed by atoms with Crippen LogP contribution in [0, 0.1) is 5.92 Å². The van der Waals surface area contributed by atoms with E-state index >= 15 is 0 Å². The van der Waals surface area contributed by atoms with Crippen LogP contribution in [-0.2, 0) is 0 Å². The highest BCUT2D eigenvalue weighted by Crippen LogP contribution is 2.41. The van der Waals surface area contributed by atoms with Gasteiger partial charge in [-0.15, -0.1) is 13.2 Å². The maximum atomic E-state index is 12.8. The van der Waals surface area contributed by atoms with Gasteiger partial charge in [-0.1, -0.05) is 12.1 Å². The van der Waals surface area contributed by atoms with Gasteiger partial charge in [0.2, 0.25) is 5.95 Å². The van der Waals surface area contributed by atoms with Gasteiger partial charge in [-0.25, -0.2) is 4.98 Å². The first-order valence-corrected chi connectivity index (χ1v) is 9.81. The summed E-state index contributed by atoms with van der Waals surface area (Å²) in [6.07, 6.45) is -0.970. The molecule has 2 heterocycles. The van der Waals surface area contributed by atoms with Crippen molar-refractivity contribution in [3.8, 4) is 5.75 Å². The smallest absolute Gasteiger partial charge is 0.406 e. The number of aromatic amines is 1. The van der Waals surface area contributed by atoms with Crippen LogP contribution in [0.4, 0.5) is 19.1 Å². The Bertz CT molecular complexity index is 964. The van der Waals surface area contributed by atoms with Crippen molar-refractivity contribution in [2.75, 3.05) is 18.0 Å². The maximum absolute atomic E-state index is 12.8. The number of amides is 1. The molecule has 10 heteroatoms. The van der Waals surface area contributed by atoms with Crippen molar-refractivity contribution in [3.05, 3.63) is 51.9 Å². The number of nitrogens with one attached hydrogen (secondary N) is 2. The topological polar surface area (TPSA) is 87.3 Å². The number of anilines is 1. The lowest BCUT2D eigenvalue weighted by Gasteiger charge is -2.20. The van der Waals surface area contributed by atoms with Gasteiger partial charge in [0.25, 0.3) is 11.5 Å². The fourth-order valence-corrected chi connectivity index (χ4v) is 3.63. The van der Waals surface area contributed by atoms with Crippen molar-refractivity contribution in [2.24, 2.45) is 5.92 Å². The average molecular weight is 422 g/mol. The molecule has 1 unspecified atom stereocenters. The lowest BCUT2D eigenvalue weighted by atomic mass is 10.0. The third-order valence-electron chi connectivity index (χ3n) is 5.22. The first-order valence-electron chi connectivity index (χ1n) is 9.81. The van der Waals surface area contributed by atoms with E-state index in [1.807, 2.05) is 4.90 Å². The van der Waals surface area contributed by atoms with Crippen molar-refractivity contribution in [1.29, 1.82) is 0 Å². The van der Waals surface area contributed by atoms with Crippen LogP contribution in [0.25, 0.3) is 0 Å². The number of aromatic nitrogens is 2. The van der Waals surface area contributed by atoms with E-state index in [4.69, 9.17) is 0 Å². The van der Waals surface area contributed by atoms with E-state index in [-0.39, 0.29) is 23.4 Å². The van der Waals surface area contributed by atoms with Crippen LogP contribution >= 0.6 is 0 Å². The number of nitrogens with zero attached hydrogens (tertiary/aromatic N) is 2. The van der Waals surface area contributed by atoms with Gasteiger partial charge in [-0.05, 0) is 49.3 Å². The number of carbonyl (C=O) groups excluding carboxylic acids is 1. The summed E-state index contributed by atoms with van der Waals surface area (Å²) in [6.45, 7) is 1.54. The van der Waals surface area contributed by atoms with Crippen LogP contribution < -0.4 is 20.5 Å². The Kier molecular flexibility index (Phi) is 5.40. The van der Waals surface area contributed by atoms with Crippen LogP contribution in [0.15, 0.2) is 35.1 Å². The highest BCUT2D eigenvalue weighted by atomic mass is 19.4. The minimum atomic E-state index is -4.76. The molecule has 1 amide bonds. The van der Waals surface area contributed by atoms with Gasteiger partial charge in [0.05, 0.1) is 6.04 Å². The van der Waals surface area contributed by atoms with Crippen molar-refractivity contribution in [2.45, 2.75) is 38.1 Å². The molecule has 1 aromatic heterocycles. The molecule has 2 aliphatic rings. The highest BCUT2D eigenvalue weighted by Gasteiger charge is 2.35. The third-order valence-corrected chi connectivity index (χ3v) is 5.22. The van der Waals surface area contributed by atoms with Crippen LogP contribution in [0.2, 0.25) is 0 Å². The van der Waals surface area contributed by atoms with Crippen molar-refractivity contribution in [1.82, 2.24) is 15.3 Å². The standard InChI is InChI=1S/C20H21F3N4O3/c21-20(22,23)30-14-7-5-13(6-8-14)17(12-3-4-12)26-18(29)15-11-16(28)25-19(24-15)27-9-1-2-10-27/h5-8,11-12,17H,1-4,9-10H2,(H,26,29)(H,24,25,28). The SMILES string of the molecule is O=C(NC(c1ccc(OC(F)(F)F)cc1)C1CC1)c1cc(=O)[nH]c(N2CCCC2)n1. The molecule has 2 fully saturated rings. The van der Waals surface area contributed by atoms with Crippen LogP contribution in [0.1, 0.15) is 47.8 Å². The van der Waals surface area contributed by atoms with E-state index in [0.29, 0.717) is 11.5 Å². The second-order valence-electron chi connectivity index (χ2n) is 7.55. The minimum absolute atomic E-state index is 0.0170. The van der Waals surface area contributed by atoms with E-state index in [1.165, 1.54) is 24.3 Å². The number of hydrogen-bond acceptors (Lipinski definition) is 5. The monoisotopic (exact) mass is 422 g/mol. The molecule has 1 aliphatic carbocycles. The molecule has 0 spiro atoms. The van der Waals surface area contributed by atoms with Crippen molar-refractivity contribution in [3.63, 3.8) is 0 Å². The van der Waals surface area contributed by atoms with Crippen molar-refractivity contribution >= 4 is 11.9 Å². The van der Waals surface area contributed by atoms with Gasteiger partial charge < -0.3 is 15.0 Å². The van der Waals surface area contributed by atoms with Gasteiger partial charge in [-0.3, -0.25) is 14.6 Å². The lowest BCUT2D eigenvalue weighted by molar-refractivity contribution is -0.274. The molecule has 1 aromatic carbocycles. The molecular formula is C20H21F3N4O3. The molecule has 2 aromatic rings. The zero-order valence-corrected chi connectivity index (χ0v) is 16.0. The molecule has 1 saturated carbocycles. The molecule has 0 bridgehead atoms. The average Bonchev–Trinajstić information content (AvgIpc) is 3.37. The number of carbonyl (C=O) groups is 1. The van der Waals surface area contributed by atoms with E-state index in [0.717, 1.165) is 44.8 Å². The van der Waals surface area contributed by atoms with Crippen LogP contribution in [0.5, 0.6) is 5.75 Å². The number of hydrogen-bond donors (Lipinski definition) is 2. The summed E-state index contributed by atoms with van der Waals surface area (Å²) in [4.78, 5) is 33.7. The normalized spacial score (nSPS) is 17.6. The Morgan fingerprint density at radius 1 is 1.20 bits per heavy atom.